The number of thiol groups is 1. The third-order valence-electron chi connectivity index (χ3n) is 3.87. The minimum Gasteiger partial charge on any atom is -0.374 e. The minimum absolute atomic E-state index is 0.0818. The summed E-state index contributed by atoms with van der Waals surface area (Å²) in [5, 5.41) is 18.2. The van der Waals surface area contributed by atoms with E-state index in [1.807, 2.05) is 12.1 Å². The van der Waals surface area contributed by atoms with Crippen LogP contribution in [0.15, 0.2) is 21.7 Å². The molecule has 1 aliphatic heterocycles. The van der Waals surface area contributed by atoms with Gasteiger partial charge in [-0.25, -0.2) is 0 Å². The van der Waals surface area contributed by atoms with Gasteiger partial charge >= 0.3 is 0 Å². The number of likely N-dealkylation sites (tertiary alicyclic amines) is 1. The van der Waals surface area contributed by atoms with Gasteiger partial charge in [0.15, 0.2) is 0 Å². The number of hydrogen-bond donors (Lipinski definition) is 1. The van der Waals surface area contributed by atoms with E-state index in [2.05, 4.69) is 31.4 Å². The molecule has 1 aliphatic carbocycles. The van der Waals surface area contributed by atoms with E-state index in [9.17, 15) is 0 Å². The first-order valence-electron chi connectivity index (χ1n) is 6.69. The fourth-order valence-electron chi connectivity index (χ4n) is 2.95. The first-order chi connectivity index (χ1) is 8.98. The van der Waals surface area contributed by atoms with E-state index in [4.69, 9.17) is 10.5 Å². The Morgan fingerprint density at radius 3 is 2.26 bits per heavy atom. The predicted molar refractivity (Wildman–Crippen MR) is 78.1 cm³/mol. The third-order valence-corrected chi connectivity index (χ3v) is 4.40. The van der Waals surface area contributed by atoms with Crippen molar-refractivity contribution in [3.8, 4) is 12.1 Å². The van der Waals surface area contributed by atoms with Crippen LogP contribution in [0, 0.1) is 28.1 Å². The molecule has 2 aliphatic rings. The number of hydrogen-bond acceptors (Lipinski definition) is 4. The van der Waals surface area contributed by atoms with Crippen molar-refractivity contribution in [1.29, 1.82) is 10.5 Å². The third kappa shape index (κ3) is 2.80. The number of rotatable bonds is 1. The van der Waals surface area contributed by atoms with Crippen molar-refractivity contribution >= 4 is 12.6 Å². The summed E-state index contributed by atoms with van der Waals surface area (Å²) in [5.74, 6) is 0. The molecule has 0 amide bonds. The summed E-state index contributed by atoms with van der Waals surface area (Å²) in [6.45, 7) is 6.51. The van der Waals surface area contributed by atoms with Crippen LogP contribution >= 0.6 is 12.6 Å². The molecular formula is C15H19N3S. The highest BCUT2D eigenvalue weighted by Gasteiger charge is 2.34. The monoisotopic (exact) mass is 273 g/mol. The Bertz CT molecular complexity index is 507. The standard InChI is InChI=1S/C15H19N3S/c1-15(2)7-12(11(9-16)10-17)14(19)13(8-15)18-5-3-4-6-18/h19H,3-8H2,1-2H3. The molecule has 0 atom stereocenters. The zero-order valence-electron chi connectivity index (χ0n) is 11.5. The van der Waals surface area contributed by atoms with E-state index in [-0.39, 0.29) is 11.0 Å². The summed E-state index contributed by atoms with van der Waals surface area (Å²) in [6.07, 6.45) is 4.15. The van der Waals surface area contributed by atoms with Gasteiger partial charge in [-0.1, -0.05) is 13.8 Å². The van der Waals surface area contributed by atoms with Crippen molar-refractivity contribution in [1.82, 2.24) is 4.90 Å². The second-order valence-electron chi connectivity index (χ2n) is 6.08. The molecule has 0 unspecified atom stereocenters. The van der Waals surface area contributed by atoms with Crippen LogP contribution in [0.3, 0.4) is 0 Å². The first kappa shape index (κ1) is 14.0. The van der Waals surface area contributed by atoms with Gasteiger partial charge in [-0.05, 0) is 36.7 Å². The van der Waals surface area contributed by atoms with E-state index in [1.54, 1.807) is 0 Å². The van der Waals surface area contributed by atoms with Crippen molar-refractivity contribution < 1.29 is 0 Å². The SMILES string of the molecule is CC1(C)CC(=C(C#N)C#N)C(S)=C(N2CCCC2)C1. The molecule has 19 heavy (non-hydrogen) atoms. The van der Waals surface area contributed by atoms with Crippen molar-refractivity contribution in [2.75, 3.05) is 13.1 Å². The van der Waals surface area contributed by atoms with Crippen molar-refractivity contribution in [3.05, 3.63) is 21.7 Å². The molecule has 0 N–H and O–H groups in total. The van der Waals surface area contributed by atoms with Gasteiger partial charge in [0.05, 0.1) is 0 Å². The maximum Gasteiger partial charge on any atom is 0.134 e. The lowest BCUT2D eigenvalue weighted by Crippen LogP contribution is -2.29. The van der Waals surface area contributed by atoms with Gasteiger partial charge in [0.1, 0.15) is 17.7 Å². The molecule has 0 radical (unpaired) electrons. The number of allylic oxidation sites excluding steroid dienone is 3. The molecule has 4 heteroatoms. The topological polar surface area (TPSA) is 50.8 Å². The molecule has 3 nitrogen and oxygen atoms in total. The zero-order chi connectivity index (χ0) is 14.0. The van der Waals surface area contributed by atoms with Crippen molar-refractivity contribution in [2.45, 2.75) is 39.5 Å². The maximum absolute atomic E-state index is 9.12. The Kier molecular flexibility index (Phi) is 3.92. The summed E-state index contributed by atoms with van der Waals surface area (Å²) < 4.78 is 0. The summed E-state index contributed by atoms with van der Waals surface area (Å²) in [5.41, 5.74) is 2.34. The van der Waals surface area contributed by atoms with Crippen molar-refractivity contribution in [3.63, 3.8) is 0 Å². The highest BCUT2D eigenvalue weighted by atomic mass is 32.1. The Labute approximate surface area is 120 Å². The molecule has 0 aromatic heterocycles. The summed E-state index contributed by atoms with van der Waals surface area (Å²) >= 11 is 4.63. The molecule has 2 rings (SSSR count). The van der Waals surface area contributed by atoms with E-state index in [0.29, 0.717) is 0 Å². The highest BCUT2D eigenvalue weighted by Crippen LogP contribution is 2.45. The highest BCUT2D eigenvalue weighted by molar-refractivity contribution is 7.84. The van der Waals surface area contributed by atoms with Gasteiger partial charge in [0.2, 0.25) is 0 Å². The predicted octanol–water partition coefficient (Wildman–Crippen LogP) is 3.39. The number of nitriles is 2. The van der Waals surface area contributed by atoms with Crippen LogP contribution in [0.1, 0.15) is 39.5 Å². The first-order valence-corrected chi connectivity index (χ1v) is 7.14. The zero-order valence-corrected chi connectivity index (χ0v) is 12.4. The number of nitrogens with zero attached hydrogens (tertiary/aromatic N) is 3. The fraction of sp³-hybridized carbons (Fsp3) is 0.600. The van der Waals surface area contributed by atoms with Gasteiger partial charge < -0.3 is 4.90 Å². The lowest BCUT2D eigenvalue weighted by atomic mass is 9.75. The minimum atomic E-state index is 0.0818. The van der Waals surface area contributed by atoms with Gasteiger partial charge in [0, 0.05) is 23.7 Å². The van der Waals surface area contributed by atoms with Crippen LogP contribution in [0.25, 0.3) is 0 Å². The van der Waals surface area contributed by atoms with Crippen LogP contribution in [0.2, 0.25) is 0 Å². The molecule has 0 saturated carbocycles. The Hall–Kier alpha value is -1.39. The normalized spacial score (nSPS) is 22.2. The Morgan fingerprint density at radius 2 is 1.74 bits per heavy atom. The van der Waals surface area contributed by atoms with E-state index >= 15 is 0 Å². The second kappa shape index (κ2) is 5.31. The average Bonchev–Trinajstić information content (AvgIpc) is 2.88. The van der Waals surface area contributed by atoms with Gasteiger partial charge in [-0.15, -0.1) is 12.6 Å². The molecule has 1 heterocycles. The summed E-state index contributed by atoms with van der Waals surface area (Å²) in [6, 6.07) is 4.04. The van der Waals surface area contributed by atoms with E-state index in [1.165, 1.54) is 18.5 Å². The average molecular weight is 273 g/mol. The molecular weight excluding hydrogens is 254 g/mol. The van der Waals surface area contributed by atoms with Gasteiger partial charge in [0.25, 0.3) is 0 Å². The lowest BCUT2D eigenvalue weighted by molar-refractivity contribution is 0.289. The summed E-state index contributed by atoms with van der Waals surface area (Å²) in [4.78, 5) is 3.23. The largest absolute Gasteiger partial charge is 0.374 e. The molecule has 0 spiro atoms. The second-order valence-corrected chi connectivity index (χ2v) is 6.53. The molecule has 0 bridgehead atoms. The Morgan fingerprint density at radius 1 is 1.16 bits per heavy atom. The fourth-order valence-corrected chi connectivity index (χ4v) is 3.36. The molecule has 0 aromatic carbocycles. The Balaban J connectivity index is 2.51. The van der Waals surface area contributed by atoms with Crippen LogP contribution in [-0.4, -0.2) is 18.0 Å². The van der Waals surface area contributed by atoms with Crippen LogP contribution in [-0.2, 0) is 0 Å². The van der Waals surface area contributed by atoms with Crippen LogP contribution in [0.5, 0.6) is 0 Å². The van der Waals surface area contributed by atoms with Gasteiger partial charge in [-0.2, -0.15) is 10.5 Å². The molecule has 1 fully saturated rings. The van der Waals surface area contributed by atoms with Crippen LogP contribution in [0.4, 0.5) is 0 Å². The molecule has 100 valence electrons. The van der Waals surface area contributed by atoms with Crippen molar-refractivity contribution in [2.24, 2.45) is 5.41 Å². The molecule has 0 aromatic rings. The van der Waals surface area contributed by atoms with E-state index < -0.39 is 0 Å². The maximum atomic E-state index is 9.12. The van der Waals surface area contributed by atoms with Gasteiger partial charge in [-0.3, -0.25) is 0 Å². The lowest BCUT2D eigenvalue weighted by Gasteiger charge is -2.37. The molecule has 1 saturated heterocycles. The van der Waals surface area contributed by atoms with Crippen LogP contribution < -0.4 is 0 Å². The quantitative estimate of drug-likeness (QED) is 0.588. The summed E-state index contributed by atoms with van der Waals surface area (Å²) in [7, 11) is 0. The smallest absolute Gasteiger partial charge is 0.134 e. The van der Waals surface area contributed by atoms with E-state index in [0.717, 1.165) is 36.4 Å².